The van der Waals surface area contributed by atoms with E-state index in [2.05, 4.69) is 22.8 Å². The maximum Gasteiger partial charge on any atom is 0.317 e. The van der Waals surface area contributed by atoms with E-state index in [1.54, 1.807) is 6.07 Å². The summed E-state index contributed by atoms with van der Waals surface area (Å²) < 4.78 is 13.5. The van der Waals surface area contributed by atoms with Crippen molar-refractivity contribution in [2.24, 2.45) is 11.8 Å². The van der Waals surface area contributed by atoms with Crippen molar-refractivity contribution in [3.63, 3.8) is 0 Å². The number of benzene rings is 1. The van der Waals surface area contributed by atoms with Crippen molar-refractivity contribution in [2.75, 3.05) is 26.2 Å². The fourth-order valence-corrected chi connectivity index (χ4v) is 3.38. The van der Waals surface area contributed by atoms with Crippen LogP contribution in [0.3, 0.4) is 0 Å². The summed E-state index contributed by atoms with van der Waals surface area (Å²) in [5.74, 6) is 0.121. The summed E-state index contributed by atoms with van der Waals surface area (Å²) in [6.45, 7) is 2.18. The van der Waals surface area contributed by atoms with Gasteiger partial charge in [0.1, 0.15) is 5.82 Å². The third-order valence-electron chi connectivity index (χ3n) is 4.71. The van der Waals surface area contributed by atoms with Gasteiger partial charge in [0, 0.05) is 26.2 Å². The minimum atomic E-state index is -0.549. The third kappa shape index (κ3) is 3.75. The van der Waals surface area contributed by atoms with Crippen LogP contribution in [0.25, 0.3) is 0 Å². The Hall–Kier alpha value is -2.37. The van der Waals surface area contributed by atoms with Gasteiger partial charge in [-0.15, -0.1) is 0 Å². The predicted octanol–water partition coefficient (Wildman–Crippen LogP) is 2.16. The van der Waals surface area contributed by atoms with Crippen LogP contribution in [0.4, 0.5) is 9.18 Å². The van der Waals surface area contributed by atoms with Gasteiger partial charge in [-0.1, -0.05) is 24.3 Å². The first-order valence-corrected chi connectivity index (χ1v) is 8.35. The van der Waals surface area contributed by atoms with Crippen LogP contribution in [0.15, 0.2) is 36.4 Å². The van der Waals surface area contributed by atoms with E-state index >= 15 is 0 Å². The maximum atomic E-state index is 13.5. The van der Waals surface area contributed by atoms with Crippen LogP contribution in [-0.4, -0.2) is 43.0 Å². The number of carbonyl (C=O) groups is 2. The summed E-state index contributed by atoms with van der Waals surface area (Å²) in [5.41, 5.74) is 0.0138. The van der Waals surface area contributed by atoms with Crippen LogP contribution in [0, 0.1) is 17.7 Å². The van der Waals surface area contributed by atoms with Crippen LogP contribution in [0.5, 0.6) is 0 Å². The summed E-state index contributed by atoms with van der Waals surface area (Å²) in [5, 5.41) is 5.43. The second-order valence-electron chi connectivity index (χ2n) is 6.34. The Labute approximate surface area is 140 Å². The summed E-state index contributed by atoms with van der Waals surface area (Å²) in [7, 11) is 0. The molecule has 1 aliphatic heterocycles. The van der Waals surface area contributed by atoms with E-state index in [1.807, 2.05) is 4.90 Å². The Morgan fingerprint density at radius 3 is 2.33 bits per heavy atom. The lowest BCUT2D eigenvalue weighted by atomic mass is 9.86. The molecule has 24 heavy (non-hydrogen) atoms. The van der Waals surface area contributed by atoms with Gasteiger partial charge in [-0.2, -0.15) is 0 Å². The number of carbonyl (C=O) groups excluding carboxylic acids is 2. The van der Waals surface area contributed by atoms with Crippen LogP contribution in [0.1, 0.15) is 23.2 Å². The molecule has 1 fully saturated rings. The quantitative estimate of drug-likeness (QED) is 0.656. The topological polar surface area (TPSA) is 61.4 Å². The van der Waals surface area contributed by atoms with Crippen molar-refractivity contribution < 1.29 is 14.0 Å². The van der Waals surface area contributed by atoms with E-state index < -0.39 is 11.7 Å². The molecule has 1 aliphatic carbocycles. The molecule has 1 aromatic rings. The zero-order chi connectivity index (χ0) is 16.9. The molecule has 0 aromatic heterocycles. The second-order valence-corrected chi connectivity index (χ2v) is 6.34. The van der Waals surface area contributed by atoms with Crippen molar-refractivity contribution in [2.45, 2.75) is 12.8 Å². The molecule has 1 aromatic carbocycles. The van der Waals surface area contributed by atoms with Gasteiger partial charge in [0.25, 0.3) is 5.91 Å². The summed E-state index contributed by atoms with van der Waals surface area (Å²) >= 11 is 0. The van der Waals surface area contributed by atoms with Gasteiger partial charge in [-0.25, -0.2) is 9.18 Å². The minimum Gasteiger partial charge on any atom is -0.350 e. The lowest BCUT2D eigenvalue weighted by Crippen LogP contribution is -2.42. The highest BCUT2D eigenvalue weighted by Crippen LogP contribution is 2.32. The number of likely N-dealkylation sites (tertiary alicyclic amines) is 1. The van der Waals surface area contributed by atoms with E-state index in [-0.39, 0.29) is 18.1 Å². The van der Waals surface area contributed by atoms with Gasteiger partial charge in [-0.3, -0.25) is 4.79 Å². The third-order valence-corrected chi connectivity index (χ3v) is 4.71. The molecule has 0 spiro atoms. The molecule has 128 valence electrons. The van der Waals surface area contributed by atoms with E-state index in [0.717, 1.165) is 25.9 Å². The number of amides is 3. The number of nitrogens with zero attached hydrogens (tertiary/aromatic N) is 1. The van der Waals surface area contributed by atoms with Gasteiger partial charge < -0.3 is 15.5 Å². The van der Waals surface area contributed by atoms with Gasteiger partial charge in [0.2, 0.25) is 0 Å². The van der Waals surface area contributed by atoms with Gasteiger partial charge in [-0.05, 0) is 36.8 Å². The van der Waals surface area contributed by atoms with E-state index in [0.29, 0.717) is 18.4 Å². The maximum absolute atomic E-state index is 13.5. The van der Waals surface area contributed by atoms with Crippen molar-refractivity contribution in [3.8, 4) is 0 Å². The molecule has 0 saturated carbocycles. The predicted molar refractivity (Wildman–Crippen MR) is 89.1 cm³/mol. The summed E-state index contributed by atoms with van der Waals surface area (Å²) in [6, 6.07) is 5.74. The van der Waals surface area contributed by atoms with E-state index in [1.165, 1.54) is 18.2 Å². The van der Waals surface area contributed by atoms with Crippen LogP contribution in [0.2, 0.25) is 0 Å². The highest BCUT2D eigenvalue weighted by molar-refractivity contribution is 5.94. The van der Waals surface area contributed by atoms with E-state index in [9.17, 15) is 14.0 Å². The van der Waals surface area contributed by atoms with Gasteiger partial charge >= 0.3 is 6.03 Å². The Bertz CT molecular complexity index is 631. The molecule has 0 radical (unpaired) electrons. The number of allylic oxidation sites excluding steroid dienone is 2. The number of rotatable bonds is 4. The molecule has 0 unspecified atom stereocenters. The molecule has 1 saturated heterocycles. The monoisotopic (exact) mass is 331 g/mol. The van der Waals surface area contributed by atoms with Crippen molar-refractivity contribution in [3.05, 3.63) is 47.8 Å². The SMILES string of the molecule is O=C(NCCNC(=O)N1C[C@H]2CC=CC[C@H]2C1)c1ccccc1F. The molecule has 2 atom stereocenters. The second kappa shape index (κ2) is 7.47. The minimum absolute atomic E-state index is 0.0138. The largest absolute Gasteiger partial charge is 0.350 e. The molecule has 5 nitrogen and oxygen atoms in total. The molecule has 2 aliphatic rings. The molecule has 0 bridgehead atoms. The first-order chi connectivity index (χ1) is 11.6. The Balaban J connectivity index is 1.38. The summed E-state index contributed by atoms with van der Waals surface area (Å²) in [6.07, 6.45) is 6.49. The molecular formula is C18H22FN3O2. The number of nitrogens with one attached hydrogen (secondary N) is 2. The average molecular weight is 331 g/mol. The molecule has 3 rings (SSSR count). The standard InChI is InChI=1S/C18H22FN3O2/c19-16-8-4-3-7-15(16)17(23)20-9-10-21-18(24)22-11-13-5-1-2-6-14(13)12-22/h1-4,7-8,13-14H,5-6,9-12H2,(H,20,23)(H,21,24)/t13-,14+. The number of urea groups is 1. The Morgan fingerprint density at radius 2 is 1.67 bits per heavy atom. The smallest absolute Gasteiger partial charge is 0.317 e. The molecule has 6 heteroatoms. The van der Waals surface area contributed by atoms with Crippen LogP contribution >= 0.6 is 0 Å². The first kappa shape index (κ1) is 16.5. The van der Waals surface area contributed by atoms with Crippen molar-refractivity contribution in [1.29, 1.82) is 0 Å². The highest BCUT2D eigenvalue weighted by Gasteiger charge is 2.34. The summed E-state index contributed by atoms with van der Waals surface area (Å²) in [4.78, 5) is 25.9. The number of hydrogen-bond acceptors (Lipinski definition) is 2. The van der Waals surface area contributed by atoms with Crippen LogP contribution in [-0.2, 0) is 0 Å². The van der Waals surface area contributed by atoms with Crippen molar-refractivity contribution in [1.82, 2.24) is 15.5 Å². The normalized spacial score (nSPS) is 22.1. The van der Waals surface area contributed by atoms with Crippen molar-refractivity contribution >= 4 is 11.9 Å². The number of fused-ring (bicyclic) bond motifs is 1. The fourth-order valence-electron chi connectivity index (χ4n) is 3.38. The van der Waals surface area contributed by atoms with Gasteiger partial charge in [0.05, 0.1) is 5.56 Å². The average Bonchev–Trinajstić information content (AvgIpc) is 3.03. The Morgan fingerprint density at radius 1 is 1.04 bits per heavy atom. The Kier molecular flexibility index (Phi) is 5.13. The zero-order valence-electron chi connectivity index (χ0n) is 13.5. The molecule has 3 amide bonds. The fraction of sp³-hybridized carbons (Fsp3) is 0.444. The number of hydrogen-bond donors (Lipinski definition) is 2. The number of halogens is 1. The molecular weight excluding hydrogens is 309 g/mol. The molecule has 1 heterocycles. The van der Waals surface area contributed by atoms with Crippen LogP contribution < -0.4 is 10.6 Å². The van der Waals surface area contributed by atoms with Gasteiger partial charge in [0.15, 0.2) is 0 Å². The lowest BCUT2D eigenvalue weighted by Gasteiger charge is -2.17. The van der Waals surface area contributed by atoms with E-state index in [4.69, 9.17) is 0 Å². The highest BCUT2D eigenvalue weighted by atomic mass is 19.1. The lowest BCUT2D eigenvalue weighted by molar-refractivity contribution is 0.0949. The molecule has 2 N–H and O–H groups in total. The first-order valence-electron chi connectivity index (χ1n) is 8.35. The zero-order valence-corrected chi connectivity index (χ0v) is 13.5.